The van der Waals surface area contributed by atoms with E-state index in [-0.39, 0.29) is 28.5 Å². The van der Waals surface area contributed by atoms with Crippen LogP contribution < -0.4 is 21.1 Å². The third-order valence-electron chi connectivity index (χ3n) is 9.58. The van der Waals surface area contributed by atoms with E-state index in [4.69, 9.17) is 4.98 Å². The maximum Gasteiger partial charge on any atom is 0.263 e. The van der Waals surface area contributed by atoms with Crippen LogP contribution in [0.1, 0.15) is 81.3 Å². The van der Waals surface area contributed by atoms with Crippen LogP contribution in [0.2, 0.25) is 0 Å². The van der Waals surface area contributed by atoms with Crippen LogP contribution in [0.3, 0.4) is 0 Å². The number of carbonyl (C=O) groups is 1. The van der Waals surface area contributed by atoms with Crippen LogP contribution in [0, 0.1) is 6.92 Å². The number of rotatable bonds is 6. The van der Waals surface area contributed by atoms with Gasteiger partial charge >= 0.3 is 0 Å². The van der Waals surface area contributed by atoms with Crippen LogP contribution in [0.4, 0.5) is 17.5 Å². The zero-order valence-corrected chi connectivity index (χ0v) is 24.7. The minimum atomic E-state index is -0.245. The van der Waals surface area contributed by atoms with Gasteiger partial charge in [0, 0.05) is 61.9 Å². The molecule has 3 aliphatic rings. The van der Waals surface area contributed by atoms with Gasteiger partial charge < -0.3 is 15.5 Å². The van der Waals surface area contributed by atoms with Gasteiger partial charge in [0.2, 0.25) is 5.95 Å². The molecule has 3 aromatic heterocycles. The normalized spacial score (nSPS) is 21.9. The van der Waals surface area contributed by atoms with Crippen LogP contribution in [0.5, 0.6) is 0 Å². The molecule has 41 heavy (non-hydrogen) atoms. The number of piperidine rings is 1. The summed E-state index contributed by atoms with van der Waals surface area (Å²) in [4.78, 5) is 44.9. The molecule has 0 amide bonds. The molecular formula is C31H42N8O2. The molecule has 5 heterocycles. The largest absolute Gasteiger partial charge is 0.370 e. The molecule has 6 rings (SSSR count). The number of hydrogen-bond donors (Lipinski definition) is 2. The van der Waals surface area contributed by atoms with E-state index in [9.17, 15) is 9.59 Å². The van der Waals surface area contributed by atoms with Crippen molar-refractivity contribution in [2.24, 2.45) is 0 Å². The van der Waals surface area contributed by atoms with Crippen LogP contribution in [-0.2, 0) is 0 Å². The van der Waals surface area contributed by atoms with Gasteiger partial charge in [0.1, 0.15) is 11.5 Å². The fraction of sp³-hybridized carbons (Fsp3) is 0.581. The van der Waals surface area contributed by atoms with Crippen molar-refractivity contribution in [3.63, 3.8) is 0 Å². The lowest BCUT2D eigenvalue weighted by Crippen LogP contribution is -2.61. The van der Waals surface area contributed by atoms with Crippen LogP contribution in [0.15, 0.2) is 29.3 Å². The minimum Gasteiger partial charge on any atom is -0.370 e. The number of hydrogen-bond acceptors (Lipinski definition) is 9. The van der Waals surface area contributed by atoms with E-state index in [0.29, 0.717) is 29.0 Å². The fourth-order valence-corrected chi connectivity index (χ4v) is 7.06. The van der Waals surface area contributed by atoms with E-state index < -0.39 is 0 Å². The van der Waals surface area contributed by atoms with E-state index in [1.807, 2.05) is 19.2 Å². The highest BCUT2D eigenvalue weighted by molar-refractivity contribution is 5.99. The molecule has 2 saturated heterocycles. The number of carbonyl (C=O) groups excluding carboxylic acids is 1. The van der Waals surface area contributed by atoms with Crippen molar-refractivity contribution >= 4 is 34.3 Å². The zero-order valence-electron chi connectivity index (χ0n) is 24.7. The standard InChI is InChI=1S/C31H42N8O2/c1-20-19-38(16-13-32-20)31(4)11-14-37(15-12-31)24-9-10-26(33-17-24)35-30-34-18-25-21(2)27(22(3)40)29(41)39(28(25)36-30)23-7-5-6-8-23/h9-10,17-18,20,23,32H,5-8,11-16,19H2,1-4H3,(H,33,34,35,36)/t20-/m1/s1. The monoisotopic (exact) mass is 558 g/mol. The number of aromatic nitrogens is 4. The average molecular weight is 559 g/mol. The maximum absolute atomic E-state index is 13.5. The van der Waals surface area contributed by atoms with E-state index in [1.165, 1.54) is 6.92 Å². The van der Waals surface area contributed by atoms with Gasteiger partial charge in [-0.3, -0.25) is 19.1 Å². The molecule has 2 aliphatic heterocycles. The summed E-state index contributed by atoms with van der Waals surface area (Å²) in [6, 6.07) is 4.66. The molecule has 218 valence electrons. The van der Waals surface area contributed by atoms with Crippen molar-refractivity contribution in [2.75, 3.05) is 42.9 Å². The maximum atomic E-state index is 13.5. The number of Topliss-reactive ketones (excluding diaryl/α,β-unsaturated/α-hetero) is 1. The average Bonchev–Trinajstić information content (AvgIpc) is 3.48. The van der Waals surface area contributed by atoms with E-state index in [2.05, 4.69) is 50.3 Å². The van der Waals surface area contributed by atoms with Gasteiger partial charge in [0.15, 0.2) is 5.78 Å². The van der Waals surface area contributed by atoms with Gasteiger partial charge in [-0.2, -0.15) is 4.98 Å². The molecule has 10 heteroatoms. The Labute approximate surface area is 241 Å². The fourth-order valence-electron chi connectivity index (χ4n) is 7.06. The molecule has 1 aliphatic carbocycles. The number of pyridine rings is 2. The minimum absolute atomic E-state index is 0.0465. The van der Waals surface area contributed by atoms with Crippen LogP contribution in [0.25, 0.3) is 11.0 Å². The van der Waals surface area contributed by atoms with Gasteiger partial charge in [-0.25, -0.2) is 9.97 Å². The summed E-state index contributed by atoms with van der Waals surface area (Å²) in [5.74, 6) is 0.818. The zero-order chi connectivity index (χ0) is 28.7. The van der Waals surface area contributed by atoms with Crippen molar-refractivity contribution in [2.45, 2.75) is 83.8 Å². The Hall–Kier alpha value is -3.37. The molecular weight excluding hydrogens is 516 g/mol. The summed E-state index contributed by atoms with van der Waals surface area (Å²) in [6.07, 6.45) is 9.87. The summed E-state index contributed by atoms with van der Waals surface area (Å²) >= 11 is 0. The lowest BCUT2D eigenvalue weighted by molar-refractivity contribution is 0.0521. The molecule has 0 spiro atoms. The van der Waals surface area contributed by atoms with Crippen molar-refractivity contribution in [3.8, 4) is 0 Å². The van der Waals surface area contributed by atoms with Crippen molar-refractivity contribution in [3.05, 3.63) is 46.0 Å². The Balaban J connectivity index is 1.19. The topological polar surface area (TPSA) is 108 Å². The summed E-state index contributed by atoms with van der Waals surface area (Å²) < 4.78 is 1.74. The summed E-state index contributed by atoms with van der Waals surface area (Å²) in [6.45, 7) is 13.3. The van der Waals surface area contributed by atoms with Gasteiger partial charge in [0.25, 0.3) is 5.56 Å². The Kier molecular flexibility index (Phi) is 7.54. The Morgan fingerprint density at radius 2 is 1.85 bits per heavy atom. The SMILES string of the molecule is CC(=O)c1c(C)c2cnc(Nc3ccc(N4CCC(C)(N5CCN[C@H](C)C5)CC4)cn3)nc2n(C2CCCC2)c1=O. The summed E-state index contributed by atoms with van der Waals surface area (Å²) in [7, 11) is 0. The van der Waals surface area contributed by atoms with Crippen LogP contribution in [-0.4, -0.2) is 74.5 Å². The summed E-state index contributed by atoms with van der Waals surface area (Å²) in [5, 5.41) is 7.53. The van der Waals surface area contributed by atoms with Crippen molar-refractivity contribution in [1.29, 1.82) is 0 Å². The molecule has 1 atom stereocenters. The molecule has 10 nitrogen and oxygen atoms in total. The number of nitrogens with one attached hydrogen (secondary N) is 2. The highest BCUT2D eigenvalue weighted by Crippen LogP contribution is 2.33. The molecule has 0 radical (unpaired) electrons. The first-order chi connectivity index (χ1) is 19.7. The molecule has 0 unspecified atom stereocenters. The Morgan fingerprint density at radius 3 is 2.51 bits per heavy atom. The number of fused-ring (bicyclic) bond motifs is 1. The first-order valence-electron chi connectivity index (χ1n) is 15.1. The second kappa shape index (κ2) is 11.1. The highest BCUT2D eigenvalue weighted by Gasteiger charge is 2.37. The predicted octanol–water partition coefficient (Wildman–Crippen LogP) is 4.21. The van der Waals surface area contributed by atoms with E-state index >= 15 is 0 Å². The quantitative estimate of drug-likeness (QED) is 0.430. The van der Waals surface area contributed by atoms with Crippen LogP contribution >= 0.6 is 0 Å². The second-order valence-electron chi connectivity index (χ2n) is 12.4. The molecule has 2 N–H and O–H groups in total. The molecule has 3 aromatic rings. The molecule has 1 saturated carbocycles. The third kappa shape index (κ3) is 5.35. The van der Waals surface area contributed by atoms with E-state index in [1.54, 1.807) is 10.8 Å². The first kappa shape index (κ1) is 27.8. The first-order valence-corrected chi connectivity index (χ1v) is 15.1. The summed E-state index contributed by atoms with van der Waals surface area (Å²) in [5.41, 5.74) is 2.59. The van der Waals surface area contributed by atoms with Gasteiger partial charge in [-0.05, 0) is 71.1 Å². The van der Waals surface area contributed by atoms with Crippen molar-refractivity contribution < 1.29 is 4.79 Å². The third-order valence-corrected chi connectivity index (χ3v) is 9.58. The van der Waals surface area contributed by atoms with Gasteiger partial charge in [-0.1, -0.05) is 12.8 Å². The molecule has 0 bridgehead atoms. The number of nitrogens with zero attached hydrogens (tertiary/aromatic N) is 6. The number of ketones is 1. The Morgan fingerprint density at radius 1 is 1.10 bits per heavy atom. The van der Waals surface area contributed by atoms with Crippen molar-refractivity contribution in [1.82, 2.24) is 29.7 Å². The predicted molar refractivity (Wildman–Crippen MR) is 162 cm³/mol. The molecule has 0 aromatic carbocycles. The highest BCUT2D eigenvalue weighted by atomic mass is 16.1. The number of aryl methyl sites for hydroxylation is 1. The van der Waals surface area contributed by atoms with E-state index in [0.717, 1.165) is 82.3 Å². The smallest absolute Gasteiger partial charge is 0.263 e. The number of piperazine rings is 1. The molecule has 3 fully saturated rings. The van der Waals surface area contributed by atoms with Gasteiger partial charge in [-0.15, -0.1) is 0 Å². The lowest BCUT2D eigenvalue weighted by Gasteiger charge is -2.50. The Bertz CT molecular complexity index is 1490. The van der Waals surface area contributed by atoms with Gasteiger partial charge in [0.05, 0.1) is 17.4 Å². The number of anilines is 3. The lowest BCUT2D eigenvalue weighted by atomic mass is 9.86. The second-order valence-corrected chi connectivity index (χ2v) is 12.4.